The van der Waals surface area contributed by atoms with Crippen LogP contribution >= 0.6 is 31.9 Å². The van der Waals surface area contributed by atoms with E-state index in [0.29, 0.717) is 0 Å². The molecule has 0 aliphatic rings. The number of hydrogen-bond acceptors (Lipinski definition) is 2. The summed E-state index contributed by atoms with van der Waals surface area (Å²) in [6.45, 7) is 2.08. The summed E-state index contributed by atoms with van der Waals surface area (Å²) >= 11 is 6.91. The van der Waals surface area contributed by atoms with Gasteiger partial charge in [0.05, 0.1) is 6.04 Å². The fourth-order valence-corrected chi connectivity index (χ4v) is 2.61. The number of furan rings is 1. The molecule has 2 nitrogen and oxygen atoms in total. The third-order valence-corrected chi connectivity index (χ3v) is 3.78. The molecule has 1 atom stereocenters. The van der Waals surface area contributed by atoms with Crippen LogP contribution in [0.25, 0.3) is 0 Å². The molecule has 0 spiro atoms. The highest BCUT2D eigenvalue weighted by Crippen LogP contribution is 2.31. The van der Waals surface area contributed by atoms with Crippen LogP contribution in [-0.4, -0.2) is 7.05 Å². The molecule has 0 bridgehead atoms. The van der Waals surface area contributed by atoms with E-state index in [-0.39, 0.29) is 6.04 Å². The summed E-state index contributed by atoms with van der Waals surface area (Å²) in [5, 5.41) is 3.27. The second kappa shape index (κ2) is 5.38. The Morgan fingerprint density at radius 3 is 2.53 bits per heavy atom. The topological polar surface area (TPSA) is 25.2 Å². The van der Waals surface area contributed by atoms with Gasteiger partial charge >= 0.3 is 0 Å². The fourth-order valence-electron chi connectivity index (χ4n) is 1.82. The molecule has 0 saturated heterocycles. The number of aryl methyl sites for hydroxylation is 1. The standard InChI is InChI=1S/C13H13Br2NO/c1-8-3-4-10(14)9(7-8)13(16-2)11-5-6-12(15)17-11/h3-7,13,16H,1-2H3. The molecule has 1 unspecified atom stereocenters. The van der Waals surface area contributed by atoms with Crippen molar-refractivity contribution >= 4 is 31.9 Å². The number of rotatable bonds is 3. The van der Waals surface area contributed by atoms with Gasteiger partial charge < -0.3 is 9.73 Å². The Morgan fingerprint density at radius 1 is 1.18 bits per heavy atom. The highest BCUT2D eigenvalue weighted by atomic mass is 79.9. The van der Waals surface area contributed by atoms with Crippen molar-refractivity contribution in [2.24, 2.45) is 0 Å². The number of halogens is 2. The van der Waals surface area contributed by atoms with Gasteiger partial charge in [-0.2, -0.15) is 0 Å². The Balaban J connectivity index is 2.45. The van der Waals surface area contributed by atoms with Crippen molar-refractivity contribution in [3.8, 4) is 0 Å². The quantitative estimate of drug-likeness (QED) is 0.878. The molecule has 0 aliphatic heterocycles. The molecule has 1 aromatic carbocycles. The summed E-state index contributed by atoms with van der Waals surface area (Å²) in [6, 6.07) is 10.2. The third kappa shape index (κ3) is 2.81. The first-order chi connectivity index (χ1) is 8.11. The molecule has 2 rings (SSSR count). The van der Waals surface area contributed by atoms with Gasteiger partial charge in [-0.15, -0.1) is 0 Å². The summed E-state index contributed by atoms with van der Waals surface area (Å²) in [7, 11) is 1.93. The Morgan fingerprint density at radius 2 is 1.94 bits per heavy atom. The zero-order valence-electron chi connectivity index (χ0n) is 9.63. The number of benzene rings is 1. The fraction of sp³-hybridized carbons (Fsp3) is 0.231. The van der Waals surface area contributed by atoms with Crippen LogP contribution in [0.1, 0.15) is 22.9 Å². The van der Waals surface area contributed by atoms with Gasteiger partial charge in [-0.1, -0.05) is 33.6 Å². The lowest BCUT2D eigenvalue weighted by Crippen LogP contribution is -2.17. The van der Waals surface area contributed by atoms with Gasteiger partial charge in [0, 0.05) is 4.47 Å². The first kappa shape index (κ1) is 12.9. The van der Waals surface area contributed by atoms with Crippen LogP contribution in [0.4, 0.5) is 0 Å². The molecule has 2 aromatic rings. The minimum Gasteiger partial charge on any atom is -0.452 e. The minimum atomic E-state index is 0.0515. The highest BCUT2D eigenvalue weighted by Gasteiger charge is 2.18. The van der Waals surface area contributed by atoms with E-state index >= 15 is 0 Å². The van der Waals surface area contributed by atoms with Crippen molar-refractivity contribution in [1.82, 2.24) is 5.32 Å². The summed E-state index contributed by atoms with van der Waals surface area (Å²) in [6.07, 6.45) is 0. The average Bonchev–Trinajstić information content (AvgIpc) is 2.71. The summed E-state index contributed by atoms with van der Waals surface area (Å²) < 4.78 is 7.44. The van der Waals surface area contributed by atoms with Crippen LogP contribution in [0.5, 0.6) is 0 Å². The van der Waals surface area contributed by atoms with Crippen LogP contribution in [0, 0.1) is 6.92 Å². The van der Waals surface area contributed by atoms with Crippen molar-refractivity contribution in [2.45, 2.75) is 13.0 Å². The molecule has 1 aromatic heterocycles. The van der Waals surface area contributed by atoms with E-state index in [1.54, 1.807) is 0 Å². The molecule has 90 valence electrons. The van der Waals surface area contributed by atoms with Gasteiger partial charge in [0.15, 0.2) is 4.67 Å². The smallest absolute Gasteiger partial charge is 0.169 e. The second-order valence-electron chi connectivity index (χ2n) is 3.89. The SMILES string of the molecule is CNC(c1ccc(Br)o1)c1cc(C)ccc1Br. The van der Waals surface area contributed by atoms with Crippen LogP contribution in [0.15, 0.2) is 43.9 Å². The summed E-state index contributed by atoms with van der Waals surface area (Å²) in [5.41, 5.74) is 2.41. The maximum atomic E-state index is 5.62. The summed E-state index contributed by atoms with van der Waals surface area (Å²) in [5.74, 6) is 0.894. The van der Waals surface area contributed by atoms with E-state index in [2.05, 4.69) is 62.3 Å². The van der Waals surface area contributed by atoms with Gasteiger partial charge in [0.25, 0.3) is 0 Å². The monoisotopic (exact) mass is 357 g/mol. The maximum absolute atomic E-state index is 5.62. The van der Waals surface area contributed by atoms with Crippen molar-refractivity contribution in [3.63, 3.8) is 0 Å². The largest absolute Gasteiger partial charge is 0.452 e. The van der Waals surface area contributed by atoms with E-state index in [1.165, 1.54) is 11.1 Å². The van der Waals surface area contributed by atoms with Crippen LogP contribution in [0.3, 0.4) is 0 Å². The lowest BCUT2D eigenvalue weighted by atomic mass is 10.0. The molecule has 0 fully saturated rings. The zero-order chi connectivity index (χ0) is 12.4. The third-order valence-electron chi connectivity index (χ3n) is 2.63. The normalized spacial score (nSPS) is 12.7. The predicted octanol–water partition coefficient (Wildman–Crippen LogP) is 4.42. The zero-order valence-corrected chi connectivity index (χ0v) is 12.8. The summed E-state index contributed by atoms with van der Waals surface area (Å²) in [4.78, 5) is 0. The molecule has 1 heterocycles. The molecule has 1 N–H and O–H groups in total. The van der Waals surface area contributed by atoms with Crippen LogP contribution in [0.2, 0.25) is 0 Å². The first-order valence-electron chi connectivity index (χ1n) is 5.30. The van der Waals surface area contributed by atoms with Gasteiger partial charge in [0.2, 0.25) is 0 Å². The van der Waals surface area contributed by atoms with Crippen LogP contribution in [-0.2, 0) is 0 Å². The van der Waals surface area contributed by atoms with Crippen molar-refractivity contribution in [3.05, 3.63) is 56.4 Å². The van der Waals surface area contributed by atoms with Gasteiger partial charge in [0.1, 0.15) is 5.76 Å². The maximum Gasteiger partial charge on any atom is 0.169 e. The molecular formula is C13H13Br2NO. The van der Waals surface area contributed by atoms with E-state index in [9.17, 15) is 0 Å². The van der Waals surface area contributed by atoms with Gasteiger partial charge in [-0.25, -0.2) is 0 Å². The first-order valence-corrected chi connectivity index (χ1v) is 6.89. The lowest BCUT2D eigenvalue weighted by Gasteiger charge is -2.16. The Labute approximate surface area is 118 Å². The van der Waals surface area contributed by atoms with Crippen LogP contribution < -0.4 is 5.32 Å². The molecule has 0 saturated carbocycles. The Kier molecular flexibility index (Phi) is 4.07. The van der Waals surface area contributed by atoms with Crippen molar-refractivity contribution in [2.75, 3.05) is 7.05 Å². The van der Waals surface area contributed by atoms with E-state index in [1.807, 2.05) is 19.2 Å². The van der Waals surface area contributed by atoms with Crippen molar-refractivity contribution < 1.29 is 4.42 Å². The van der Waals surface area contributed by atoms with Gasteiger partial charge in [-0.3, -0.25) is 0 Å². The Bertz CT molecular complexity index is 522. The van der Waals surface area contributed by atoms with E-state index < -0.39 is 0 Å². The molecular weight excluding hydrogens is 346 g/mol. The predicted molar refractivity (Wildman–Crippen MR) is 76.2 cm³/mol. The second-order valence-corrected chi connectivity index (χ2v) is 5.52. The van der Waals surface area contributed by atoms with Crippen molar-refractivity contribution in [1.29, 1.82) is 0 Å². The molecule has 0 aliphatic carbocycles. The number of nitrogens with one attached hydrogen (secondary N) is 1. The molecule has 17 heavy (non-hydrogen) atoms. The van der Waals surface area contributed by atoms with E-state index in [0.717, 1.165) is 14.9 Å². The average molecular weight is 359 g/mol. The molecule has 4 heteroatoms. The lowest BCUT2D eigenvalue weighted by molar-refractivity contribution is 0.446. The molecule has 0 amide bonds. The number of hydrogen-bond donors (Lipinski definition) is 1. The highest BCUT2D eigenvalue weighted by molar-refractivity contribution is 9.10. The Hall–Kier alpha value is -0.580. The molecule has 0 radical (unpaired) electrons. The minimum absolute atomic E-state index is 0.0515. The van der Waals surface area contributed by atoms with Gasteiger partial charge in [-0.05, 0) is 53.7 Å². The van der Waals surface area contributed by atoms with E-state index in [4.69, 9.17) is 4.42 Å².